The SMILES string of the molecule is COC(=O)c1cccc(NC(=O)Cn2cc(C(F)(F)F)cc(Cl)c2=O)c1. The van der Waals surface area contributed by atoms with Crippen molar-refractivity contribution in [1.82, 2.24) is 4.57 Å². The number of methoxy groups -OCH3 is 1. The minimum atomic E-state index is -4.72. The number of nitrogens with one attached hydrogen (secondary N) is 1. The Hall–Kier alpha value is -2.81. The number of ether oxygens (including phenoxy) is 1. The molecule has 1 aromatic heterocycles. The largest absolute Gasteiger partial charge is 0.465 e. The van der Waals surface area contributed by atoms with Gasteiger partial charge in [0.05, 0.1) is 18.2 Å². The van der Waals surface area contributed by atoms with Crippen molar-refractivity contribution in [3.63, 3.8) is 0 Å². The number of aromatic nitrogens is 1. The number of rotatable bonds is 4. The van der Waals surface area contributed by atoms with Gasteiger partial charge in [-0.2, -0.15) is 13.2 Å². The first-order valence-corrected chi connectivity index (χ1v) is 7.45. The van der Waals surface area contributed by atoms with Crippen molar-refractivity contribution in [2.45, 2.75) is 12.7 Å². The van der Waals surface area contributed by atoms with Crippen LogP contribution in [0.4, 0.5) is 18.9 Å². The fourth-order valence-electron chi connectivity index (χ4n) is 2.07. The smallest absolute Gasteiger partial charge is 0.417 e. The molecule has 0 saturated heterocycles. The van der Waals surface area contributed by atoms with Crippen molar-refractivity contribution in [2.75, 3.05) is 12.4 Å². The molecule has 1 heterocycles. The summed E-state index contributed by atoms with van der Waals surface area (Å²) in [5.74, 6) is -1.40. The predicted molar refractivity (Wildman–Crippen MR) is 87.1 cm³/mol. The monoisotopic (exact) mass is 388 g/mol. The molecule has 1 amide bonds. The highest BCUT2D eigenvalue weighted by Gasteiger charge is 2.32. The van der Waals surface area contributed by atoms with Gasteiger partial charge in [-0.15, -0.1) is 0 Å². The lowest BCUT2D eigenvalue weighted by Crippen LogP contribution is -2.29. The summed E-state index contributed by atoms with van der Waals surface area (Å²) in [6.45, 7) is -0.690. The van der Waals surface area contributed by atoms with Crippen molar-refractivity contribution in [2.24, 2.45) is 0 Å². The molecule has 1 aromatic carbocycles. The Bertz CT molecular complexity index is 909. The molecule has 0 aliphatic heterocycles. The standard InChI is InChI=1S/C16H12ClF3N2O4/c1-26-15(25)9-3-2-4-11(5-9)21-13(23)8-22-7-10(16(18,19)20)6-12(17)14(22)24/h2-7H,8H2,1H3,(H,21,23). The lowest BCUT2D eigenvalue weighted by atomic mass is 10.2. The number of anilines is 1. The van der Waals surface area contributed by atoms with Gasteiger partial charge in [0.1, 0.15) is 11.6 Å². The molecule has 0 atom stereocenters. The fraction of sp³-hybridized carbons (Fsp3) is 0.188. The van der Waals surface area contributed by atoms with E-state index in [0.29, 0.717) is 16.8 Å². The summed E-state index contributed by atoms with van der Waals surface area (Å²) in [5.41, 5.74) is -1.70. The number of esters is 1. The second kappa shape index (κ2) is 7.61. The zero-order valence-corrected chi connectivity index (χ0v) is 14.0. The van der Waals surface area contributed by atoms with Crippen molar-refractivity contribution in [1.29, 1.82) is 0 Å². The summed E-state index contributed by atoms with van der Waals surface area (Å²) in [4.78, 5) is 35.3. The Balaban J connectivity index is 2.22. The van der Waals surface area contributed by atoms with Gasteiger partial charge in [-0.05, 0) is 24.3 Å². The number of alkyl halides is 3. The highest BCUT2D eigenvalue weighted by Crippen LogP contribution is 2.29. The highest BCUT2D eigenvalue weighted by molar-refractivity contribution is 6.30. The molecular formula is C16H12ClF3N2O4. The molecule has 0 bridgehead atoms. The average Bonchev–Trinajstić information content (AvgIpc) is 2.57. The molecule has 2 rings (SSSR count). The Morgan fingerprint density at radius 1 is 1.27 bits per heavy atom. The van der Waals surface area contributed by atoms with Gasteiger partial charge < -0.3 is 14.6 Å². The first-order valence-electron chi connectivity index (χ1n) is 7.07. The zero-order valence-electron chi connectivity index (χ0n) is 13.3. The topological polar surface area (TPSA) is 77.4 Å². The molecule has 26 heavy (non-hydrogen) atoms. The van der Waals surface area contributed by atoms with Crippen molar-refractivity contribution >= 4 is 29.2 Å². The third-order valence-electron chi connectivity index (χ3n) is 3.25. The van der Waals surface area contributed by atoms with Gasteiger partial charge in [-0.3, -0.25) is 9.59 Å². The summed E-state index contributed by atoms with van der Waals surface area (Å²) in [5, 5.41) is 1.73. The first kappa shape index (κ1) is 19.5. The molecule has 0 spiro atoms. The van der Waals surface area contributed by atoms with Crippen LogP contribution in [-0.4, -0.2) is 23.6 Å². The molecule has 0 saturated carbocycles. The van der Waals surface area contributed by atoms with Gasteiger partial charge in [0, 0.05) is 11.9 Å². The molecule has 10 heteroatoms. The fourth-order valence-corrected chi connectivity index (χ4v) is 2.29. The number of carbonyl (C=O) groups excluding carboxylic acids is 2. The normalized spacial score (nSPS) is 11.1. The molecule has 2 aromatic rings. The Kier molecular flexibility index (Phi) is 5.71. The number of hydrogen-bond donors (Lipinski definition) is 1. The molecule has 6 nitrogen and oxygen atoms in total. The van der Waals surface area contributed by atoms with E-state index in [1.807, 2.05) is 0 Å². The van der Waals surface area contributed by atoms with Crippen LogP contribution in [0.5, 0.6) is 0 Å². The average molecular weight is 389 g/mol. The minimum Gasteiger partial charge on any atom is -0.465 e. The van der Waals surface area contributed by atoms with Crippen LogP contribution < -0.4 is 10.9 Å². The Morgan fingerprint density at radius 2 is 1.96 bits per heavy atom. The van der Waals surface area contributed by atoms with Gasteiger partial charge in [0.25, 0.3) is 5.56 Å². The van der Waals surface area contributed by atoms with Gasteiger partial charge in [-0.1, -0.05) is 17.7 Å². The molecule has 0 radical (unpaired) electrons. The Labute approximate surface area is 150 Å². The molecular weight excluding hydrogens is 377 g/mol. The van der Waals surface area contributed by atoms with E-state index in [9.17, 15) is 27.6 Å². The van der Waals surface area contributed by atoms with Crippen LogP contribution in [0, 0.1) is 0 Å². The van der Waals surface area contributed by atoms with E-state index in [1.165, 1.54) is 31.4 Å². The number of benzene rings is 1. The van der Waals surface area contributed by atoms with Crippen LogP contribution in [0.3, 0.4) is 0 Å². The minimum absolute atomic E-state index is 0.171. The van der Waals surface area contributed by atoms with Crippen molar-refractivity contribution in [3.8, 4) is 0 Å². The number of amides is 1. The predicted octanol–water partition coefficient (Wildman–Crippen LogP) is 2.95. The quantitative estimate of drug-likeness (QED) is 0.817. The van der Waals surface area contributed by atoms with E-state index in [-0.39, 0.29) is 11.3 Å². The summed E-state index contributed by atoms with van der Waals surface area (Å²) in [7, 11) is 1.19. The van der Waals surface area contributed by atoms with Crippen LogP contribution in [0.25, 0.3) is 0 Å². The lowest BCUT2D eigenvalue weighted by Gasteiger charge is -2.12. The van der Waals surface area contributed by atoms with Crippen LogP contribution in [0.1, 0.15) is 15.9 Å². The van der Waals surface area contributed by atoms with Crippen molar-refractivity contribution in [3.05, 3.63) is 63.0 Å². The van der Waals surface area contributed by atoms with E-state index in [0.717, 1.165) is 0 Å². The first-order chi connectivity index (χ1) is 12.1. The molecule has 0 unspecified atom stereocenters. The van der Waals surface area contributed by atoms with Crippen LogP contribution in [0.2, 0.25) is 5.02 Å². The number of pyridine rings is 1. The van der Waals surface area contributed by atoms with Crippen molar-refractivity contribution < 1.29 is 27.5 Å². The van der Waals surface area contributed by atoms with E-state index in [4.69, 9.17) is 11.6 Å². The molecule has 0 aliphatic carbocycles. The van der Waals surface area contributed by atoms with Gasteiger partial charge in [0.2, 0.25) is 5.91 Å². The second-order valence-electron chi connectivity index (χ2n) is 5.13. The maximum atomic E-state index is 12.8. The maximum absolute atomic E-state index is 12.8. The summed E-state index contributed by atoms with van der Waals surface area (Å²) in [6.07, 6.45) is -4.21. The van der Waals surface area contributed by atoms with Crippen LogP contribution in [-0.2, 0) is 22.3 Å². The molecule has 0 fully saturated rings. The van der Waals surface area contributed by atoms with E-state index >= 15 is 0 Å². The maximum Gasteiger partial charge on any atom is 0.417 e. The van der Waals surface area contributed by atoms with Crippen LogP contribution >= 0.6 is 11.6 Å². The number of halogens is 4. The Morgan fingerprint density at radius 3 is 2.58 bits per heavy atom. The van der Waals surface area contributed by atoms with E-state index in [2.05, 4.69) is 10.1 Å². The van der Waals surface area contributed by atoms with Gasteiger partial charge >= 0.3 is 12.1 Å². The highest BCUT2D eigenvalue weighted by atomic mass is 35.5. The summed E-state index contributed by atoms with van der Waals surface area (Å²) >= 11 is 5.52. The summed E-state index contributed by atoms with van der Waals surface area (Å²) < 4.78 is 43.5. The number of hydrogen-bond acceptors (Lipinski definition) is 4. The van der Waals surface area contributed by atoms with Gasteiger partial charge in [-0.25, -0.2) is 4.79 Å². The second-order valence-corrected chi connectivity index (χ2v) is 5.54. The number of nitrogens with zero attached hydrogens (tertiary/aromatic N) is 1. The molecule has 1 N–H and O–H groups in total. The molecule has 138 valence electrons. The van der Waals surface area contributed by atoms with E-state index in [1.54, 1.807) is 0 Å². The lowest BCUT2D eigenvalue weighted by molar-refractivity contribution is -0.138. The number of carbonyl (C=O) groups is 2. The third-order valence-corrected chi connectivity index (χ3v) is 3.52. The summed E-state index contributed by atoms with van der Waals surface area (Å²) in [6, 6.07) is 6.23. The van der Waals surface area contributed by atoms with Gasteiger partial charge in [0.15, 0.2) is 0 Å². The molecule has 0 aliphatic rings. The van der Waals surface area contributed by atoms with E-state index < -0.39 is 40.7 Å². The zero-order chi connectivity index (χ0) is 19.5. The van der Waals surface area contributed by atoms with Crippen LogP contribution in [0.15, 0.2) is 41.3 Å². The third kappa shape index (κ3) is 4.63.